The zero-order valence-electron chi connectivity index (χ0n) is 15.8. The van der Waals surface area contributed by atoms with E-state index in [9.17, 15) is 9.59 Å². The van der Waals surface area contributed by atoms with Crippen molar-refractivity contribution in [2.75, 3.05) is 6.61 Å². The first kappa shape index (κ1) is 18.4. The number of aromatic nitrogens is 1. The summed E-state index contributed by atoms with van der Waals surface area (Å²) < 4.78 is 5.50. The lowest BCUT2D eigenvalue weighted by atomic mass is 9.81. The van der Waals surface area contributed by atoms with Gasteiger partial charge in [0, 0.05) is 17.7 Å². The van der Waals surface area contributed by atoms with Gasteiger partial charge in [0.25, 0.3) is 0 Å². The molecule has 0 fully saturated rings. The normalized spacial score (nSPS) is 16.6. The summed E-state index contributed by atoms with van der Waals surface area (Å²) in [4.78, 5) is 28.4. The molecule has 1 aliphatic carbocycles. The molecule has 0 unspecified atom stereocenters. The van der Waals surface area contributed by atoms with E-state index in [1.54, 1.807) is 0 Å². The maximum Gasteiger partial charge on any atom is 0.355 e. The van der Waals surface area contributed by atoms with Crippen LogP contribution in [0, 0.1) is 12.8 Å². The van der Waals surface area contributed by atoms with Crippen LogP contribution >= 0.6 is 0 Å². The van der Waals surface area contributed by atoms with E-state index in [0.717, 1.165) is 36.1 Å². The van der Waals surface area contributed by atoms with E-state index in [2.05, 4.69) is 31.0 Å². The Bertz CT molecular complexity index is 787. The molecule has 1 aromatic heterocycles. The fourth-order valence-corrected chi connectivity index (χ4v) is 3.79. The molecular formula is C22H27NO3. The number of rotatable bonds is 6. The van der Waals surface area contributed by atoms with Gasteiger partial charge in [-0.3, -0.25) is 4.79 Å². The maximum atomic E-state index is 12.7. The monoisotopic (exact) mass is 353 g/mol. The third-order valence-electron chi connectivity index (χ3n) is 5.57. The van der Waals surface area contributed by atoms with Gasteiger partial charge in [0.05, 0.1) is 6.61 Å². The first-order valence-electron chi connectivity index (χ1n) is 9.51. The zero-order chi connectivity index (χ0) is 18.7. The quantitative estimate of drug-likeness (QED) is 0.757. The summed E-state index contributed by atoms with van der Waals surface area (Å²) in [6.07, 6.45) is 3.20. The van der Waals surface area contributed by atoms with Crippen molar-refractivity contribution in [2.24, 2.45) is 5.92 Å². The molecule has 0 radical (unpaired) electrons. The fraction of sp³-hybridized carbons (Fsp3) is 0.455. The van der Waals surface area contributed by atoms with Gasteiger partial charge in [-0.2, -0.15) is 0 Å². The predicted octanol–water partition coefficient (Wildman–Crippen LogP) is 4.83. The molecule has 4 nitrogen and oxygen atoms in total. The van der Waals surface area contributed by atoms with Crippen LogP contribution in [0.5, 0.6) is 0 Å². The molecule has 0 bridgehead atoms. The minimum Gasteiger partial charge on any atom is -0.461 e. The highest BCUT2D eigenvalue weighted by Gasteiger charge is 2.32. The number of carbonyl (C=O) groups is 2. The van der Waals surface area contributed by atoms with Gasteiger partial charge >= 0.3 is 5.97 Å². The van der Waals surface area contributed by atoms with E-state index < -0.39 is 0 Å². The number of nitrogens with one attached hydrogen (secondary N) is 1. The molecule has 138 valence electrons. The summed E-state index contributed by atoms with van der Waals surface area (Å²) in [5, 5.41) is 0. The lowest BCUT2D eigenvalue weighted by Crippen LogP contribution is -2.18. The van der Waals surface area contributed by atoms with Crippen molar-refractivity contribution in [3.8, 4) is 0 Å². The summed E-state index contributed by atoms with van der Waals surface area (Å²) >= 11 is 0. The number of H-pyrrole nitrogens is 1. The Labute approximate surface area is 155 Å². The molecule has 26 heavy (non-hydrogen) atoms. The smallest absolute Gasteiger partial charge is 0.355 e. The first-order valence-corrected chi connectivity index (χ1v) is 9.51. The standard InChI is InChI=1S/C22H27NO3/c1-4-15(5-2)13-26-22(25)21-14(3)20-18(23-21)11-17(12-19(20)24)16-9-7-6-8-10-16/h6-10,15,17,23H,4-5,11-13H2,1-3H3/t17-/m1/s1. The topological polar surface area (TPSA) is 59.2 Å². The largest absolute Gasteiger partial charge is 0.461 e. The van der Waals surface area contributed by atoms with Crippen molar-refractivity contribution in [1.82, 2.24) is 4.98 Å². The third-order valence-corrected chi connectivity index (χ3v) is 5.57. The van der Waals surface area contributed by atoms with Crippen LogP contribution in [0.1, 0.15) is 76.7 Å². The Hall–Kier alpha value is -2.36. The van der Waals surface area contributed by atoms with Crippen molar-refractivity contribution in [3.63, 3.8) is 0 Å². The van der Waals surface area contributed by atoms with Gasteiger partial charge in [0.15, 0.2) is 5.78 Å². The second-order valence-corrected chi connectivity index (χ2v) is 7.20. The van der Waals surface area contributed by atoms with Crippen LogP contribution in [0.15, 0.2) is 30.3 Å². The highest BCUT2D eigenvalue weighted by molar-refractivity contribution is 6.03. The first-order chi connectivity index (χ1) is 12.5. The second kappa shape index (κ2) is 7.90. The van der Waals surface area contributed by atoms with Crippen molar-refractivity contribution in [2.45, 2.75) is 52.4 Å². The molecule has 0 amide bonds. The summed E-state index contributed by atoms with van der Waals surface area (Å²) in [5.74, 6) is 0.288. The zero-order valence-corrected chi connectivity index (χ0v) is 15.8. The number of carbonyl (C=O) groups excluding carboxylic acids is 2. The summed E-state index contributed by atoms with van der Waals surface area (Å²) in [6, 6.07) is 10.1. The van der Waals surface area contributed by atoms with Gasteiger partial charge < -0.3 is 9.72 Å². The van der Waals surface area contributed by atoms with Gasteiger partial charge in [-0.05, 0) is 36.3 Å². The average Bonchev–Trinajstić information content (AvgIpc) is 3.00. The second-order valence-electron chi connectivity index (χ2n) is 7.20. The molecule has 3 rings (SSSR count). The SMILES string of the molecule is CCC(CC)COC(=O)c1[nH]c2c(c1C)C(=O)C[C@H](c1ccccc1)C2. The third kappa shape index (κ3) is 3.59. The van der Waals surface area contributed by atoms with E-state index in [4.69, 9.17) is 4.74 Å². The molecule has 1 heterocycles. The highest BCUT2D eigenvalue weighted by atomic mass is 16.5. The molecule has 1 atom stereocenters. The fourth-order valence-electron chi connectivity index (χ4n) is 3.79. The molecule has 0 aliphatic heterocycles. The molecule has 1 N–H and O–H groups in total. The molecule has 0 saturated carbocycles. The van der Waals surface area contributed by atoms with E-state index >= 15 is 0 Å². The molecule has 2 aromatic rings. The minimum absolute atomic E-state index is 0.105. The Morgan fingerprint density at radius 3 is 2.54 bits per heavy atom. The Balaban J connectivity index is 1.80. The summed E-state index contributed by atoms with van der Waals surface area (Å²) in [6.45, 7) is 6.46. The van der Waals surface area contributed by atoms with Gasteiger partial charge in [-0.25, -0.2) is 4.79 Å². The lowest BCUT2D eigenvalue weighted by molar-refractivity contribution is 0.0426. The van der Waals surface area contributed by atoms with Crippen LogP contribution in [0.3, 0.4) is 0 Å². The predicted molar refractivity (Wildman–Crippen MR) is 102 cm³/mol. The van der Waals surface area contributed by atoms with Crippen molar-refractivity contribution >= 4 is 11.8 Å². The Kier molecular flexibility index (Phi) is 5.60. The van der Waals surface area contributed by atoms with E-state index in [0.29, 0.717) is 30.2 Å². The molecular weight excluding hydrogens is 326 g/mol. The molecule has 4 heteroatoms. The van der Waals surface area contributed by atoms with Crippen molar-refractivity contribution < 1.29 is 14.3 Å². The Morgan fingerprint density at radius 2 is 1.88 bits per heavy atom. The van der Waals surface area contributed by atoms with Crippen LogP contribution in [-0.2, 0) is 11.2 Å². The molecule has 0 saturated heterocycles. The number of hydrogen-bond acceptors (Lipinski definition) is 3. The molecule has 0 spiro atoms. The number of fused-ring (bicyclic) bond motifs is 1. The van der Waals surface area contributed by atoms with Gasteiger partial charge in [-0.15, -0.1) is 0 Å². The summed E-state index contributed by atoms with van der Waals surface area (Å²) in [7, 11) is 0. The number of hydrogen-bond donors (Lipinski definition) is 1. The van der Waals surface area contributed by atoms with E-state index in [-0.39, 0.29) is 17.7 Å². The van der Waals surface area contributed by atoms with E-state index in [1.165, 1.54) is 0 Å². The van der Waals surface area contributed by atoms with Crippen LogP contribution in [0.2, 0.25) is 0 Å². The summed E-state index contributed by atoms with van der Waals surface area (Å²) in [5.41, 5.74) is 3.87. The average molecular weight is 353 g/mol. The van der Waals surface area contributed by atoms with Crippen LogP contribution in [-0.4, -0.2) is 23.3 Å². The van der Waals surface area contributed by atoms with E-state index in [1.807, 2.05) is 25.1 Å². The van der Waals surface area contributed by atoms with Crippen LogP contribution in [0.4, 0.5) is 0 Å². The van der Waals surface area contributed by atoms with Crippen LogP contribution in [0.25, 0.3) is 0 Å². The number of Topliss-reactive ketones (excluding diaryl/α,β-unsaturated/α-hetero) is 1. The minimum atomic E-state index is -0.354. The number of aromatic amines is 1. The van der Waals surface area contributed by atoms with Crippen LogP contribution < -0.4 is 0 Å². The number of benzene rings is 1. The number of ketones is 1. The maximum absolute atomic E-state index is 12.7. The molecule has 1 aromatic carbocycles. The number of ether oxygens (including phenoxy) is 1. The van der Waals surface area contributed by atoms with Crippen molar-refractivity contribution in [1.29, 1.82) is 0 Å². The van der Waals surface area contributed by atoms with Gasteiger partial charge in [0.1, 0.15) is 5.69 Å². The Morgan fingerprint density at radius 1 is 1.19 bits per heavy atom. The highest BCUT2D eigenvalue weighted by Crippen LogP contribution is 2.35. The van der Waals surface area contributed by atoms with Gasteiger partial charge in [-0.1, -0.05) is 57.0 Å². The molecule has 1 aliphatic rings. The van der Waals surface area contributed by atoms with Crippen molar-refractivity contribution in [3.05, 3.63) is 58.4 Å². The lowest BCUT2D eigenvalue weighted by Gasteiger charge is -2.22. The number of esters is 1. The van der Waals surface area contributed by atoms with Gasteiger partial charge in [0.2, 0.25) is 0 Å².